The molecule has 0 amide bonds. The van der Waals surface area contributed by atoms with Crippen LogP contribution in [0.3, 0.4) is 0 Å². The Balaban J connectivity index is 0.000000220. The maximum atomic E-state index is 8.61. The van der Waals surface area contributed by atoms with Crippen molar-refractivity contribution < 1.29 is 0 Å². The second-order valence-electron chi connectivity index (χ2n) is 5.41. The number of hydrogen-bond donors (Lipinski definition) is 0. The van der Waals surface area contributed by atoms with Gasteiger partial charge in [0.2, 0.25) is 0 Å². The van der Waals surface area contributed by atoms with Crippen LogP contribution in [0.15, 0.2) is 48.5 Å². The Morgan fingerprint density at radius 3 is 1.82 bits per heavy atom. The van der Waals surface area contributed by atoms with Crippen molar-refractivity contribution in [3.05, 3.63) is 70.8 Å². The molecule has 0 fully saturated rings. The van der Waals surface area contributed by atoms with Gasteiger partial charge in [0.25, 0.3) is 0 Å². The molecule has 0 saturated carbocycles. The molecule has 0 bridgehead atoms. The fourth-order valence-corrected chi connectivity index (χ4v) is 1.88. The molecule has 112 valence electrons. The minimum atomic E-state index is 0.00981. The summed E-state index contributed by atoms with van der Waals surface area (Å²) in [6.45, 7) is 6.01. The van der Waals surface area contributed by atoms with Crippen molar-refractivity contribution in [2.75, 3.05) is 0 Å². The number of rotatable bonds is 3. The molecular weight excluding hydrogens is 268 g/mol. The van der Waals surface area contributed by atoms with Crippen LogP contribution < -0.4 is 0 Å². The number of aryl methyl sites for hydroxylation is 3. The molecule has 2 aromatic rings. The van der Waals surface area contributed by atoms with Crippen molar-refractivity contribution in [2.24, 2.45) is 0 Å². The summed E-state index contributed by atoms with van der Waals surface area (Å²) < 4.78 is 0. The Morgan fingerprint density at radius 2 is 1.36 bits per heavy atom. The van der Waals surface area contributed by atoms with E-state index in [0.717, 1.165) is 12.0 Å². The standard InChI is InChI=1S/2C10H11N/c1-8-3-5-10(6-4-8)9(2)7-11;1-9-4-6-10(7-5-9)3-2-8-11/h3-6,9H,1-2H3;4-7H,2-3H2,1H3. The van der Waals surface area contributed by atoms with Gasteiger partial charge in [-0.25, -0.2) is 0 Å². The van der Waals surface area contributed by atoms with Gasteiger partial charge >= 0.3 is 0 Å². The molecule has 22 heavy (non-hydrogen) atoms. The average Bonchev–Trinajstić information content (AvgIpc) is 2.55. The Morgan fingerprint density at radius 1 is 0.864 bits per heavy atom. The average molecular weight is 290 g/mol. The van der Waals surface area contributed by atoms with Crippen molar-refractivity contribution in [1.29, 1.82) is 10.5 Å². The molecule has 2 nitrogen and oxygen atoms in total. The largest absolute Gasteiger partial charge is 0.198 e. The zero-order valence-electron chi connectivity index (χ0n) is 13.5. The van der Waals surface area contributed by atoms with E-state index in [4.69, 9.17) is 10.5 Å². The highest BCUT2D eigenvalue weighted by molar-refractivity contribution is 5.27. The van der Waals surface area contributed by atoms with Crippen molar-refractivity contribution in [1.82, 2.24) is 0 Å². The Labute approximate surface area is 133 Å². The second kappa shape index (κ2) is 9.37. The lowest BCUT2D eigenvalue weighted by molar-refractivity contribution is 0.980. The molecule has 0 N–H and O–H groups in total. The zero-order valence-corrected chi connectivity index (χ0v) is 13.5. The van der Waals surface area contributed by atoms with Gasteiger partial charge < -0.3 is 0 Å². The third-order valence-electron chi connectivity index (χ3n) is 3.42. The van der Waals surface area contributed by atoms with Gasteiger partial charge in [0.15, 0.2) is 0 Å². The van der Waals surface area contributed by atoms with Crippen LogP contribution in [-0.2, 0) is 6.42 Å². The Kier molecular flexibility index (Phi) is 7.44. The number of nitrogens with zero attached hydrogens (tertiary/aromatic N) is 2. The maximum absolute atomic E-state index is 8.61. The molecule has 0 aliphatic heterocycles. The molecule has 0 aliphatic carbocycles. The van der Waals surface area contributed by atoms with E-state index in [1.54, 1.807) is 0 Å². The fraction of sp³-hybridized carbons (Fsp3) is 0.300. The molecule has 2 aromatic carbocycles. The molecule has 2 heteroatoms. The van der Waals surface area contributed by atoms with Crippen molar-refractivity contribution in [2.45, 2.75) is 39.5 Å². The van der Waals surface area contributed by atoms with Gasteiger partial charge in [0, 0.05) is 6.42 Å². The van der Waals surface area contributed by atoms with Crippen LogP contribution in [0.25, 0.3) is 0 Å². The monoisotopic (exact) mass is 290 g/mol. The van der Waals surface area contributed by atoms with E-state index >= 15 is 0 Å². The van der Waals surface area contributed by atoms with Crippen LogP contribution in [0.5, 0.6) is 0 Å². The van der Waals surface area contributed by atoms with Crippen molar-refractivity contribution >= 4 is 0 Å². The topological polar surface area (TPSA) is 47.6 Å². The molecule has 0 aromatic heterocycles. The fourth-order valence-electron chi connectivity index (χ4n) is 1.88. The first kappa shape index (κ1) is 17.5. The molecule has 2 rings (SSSR count). The summed E-state index contributed by atoms with van der Waals surface area (Å²) in [6.07, 6.45) is 1.49. The highest BCUT2D eigenvalue weighted by Gasteiger charge is 2.00. The Hall–Kier alpha value is -2.58. The van der Waals surface area contributed by atoms with E-state index in [2.05, 4.69) is 43.3 Å². The van der Waals surface area contributed by atoms with Crippen LogP contribution in [0.2, 0.25) is 0 Å². The molecule has 0 radical (unpaired) electrons. The van der Waals surface area contributed by atoms with E-state index in [1.807, 2.05) is 38.1 Å². The van der Waals surface area contributed by atoms with Crippen LogP contribution in [-0.4, -0.2) is 0 Å². The first-order chi connectivity index (χ1) is 10.6. The van der Waals surface area contributed by atoms with E-state index in [0.29, 0.717) is 6.42 Å². The normalized spacial score (nSPS) is 10.6. The number of hydrogen-bond acceptors (Lipinski definition) is 2. The summed E-state index contributed by atoms with van der Waals surface area (Å²) in [5.74, 6) is 0.00981. The van der Waals surface area contributed by atoms with Crippen molar-refractivity contribution in [3.8, 4) is 12.1 Å². The van der Waals surface area contributed by atoms with E-state index < -0.39 is 0 Å². The summed E-state index contributed by atoms with van der Waals surface area (Å²) >= 11 is 0. The van der Waals surface area contributed by atoms with Crippen molar-refractivity contribution in [3.63, 3.8) is 0 Å². The minimum absolute atomic E-state index is 0.00981. The smallest absolute Gasteiger partial charge is 0.0700 e. The summed E-state index contributed by atoms with van der Waals surface area (Å²) in [4.78, 5) is 0. The van der Waals surface area contributed by atoms with E-state index in [9.17, 15) is 0 Å². The van der Waals surface area contributed by atoms with Gasteiger partial charge in [-0.2, -0.15) is 10.5 Å². The molecule has 0 saturated heterocycles. The Bertz CT molecular complexity index is 640. The zero-order chi connectivity index (χ0) is 16.4. The van der Waals surface area contributed by atoms with E-state index in [1.165, 1.54) is 16.7 Å². The predicted molar refractivity (Wildman–Crippen MR) is 90.3 cm³/mol. The third-order valence-corrected chi connectivity index (χ3v) is 3.42. The van der Waals surface area contributed by atoms with Crippen LogP contribution in [0.4, 0.5) is 0 Å². The third kappa shape index (κ3) is 6.25. The van der Waals surface area contributed by atoms with Gasteiger partial charge in [-0.3, -0.25) is 0 Å². The lowest BCUT2D eigenvalue weighted by atomic mass is 10.0. The second-order valence-corrected chi connectivity index (χ2v) is 5.41. The maximum Gasteiger partial charge on any atom is 0.0700 e. The molecule has 1 unspecified atom stereocenters. The molecule has 0 spiro atoms. The lowest BCUT2D eigenvalue weighted by Crippen LogP contribution is -1.88. The molecular formula is C20H22N2. The van der Waals surface area contributed by atoms with Gasteiger partial charge in [0.1, 0.15) is 0 Å². The van der Waals surface area contributed by atoms with Gasteiger partial charge in [-0.15, -0.1) is 0 Å². The number of nitriles is 2. The summed E-state index contributed by atoms with van der Waals surface area (Å²) in [7, 11) is 0. The molecule has 0 heterocycles. The summed E-state index contributed by atoms with van der Waals surface area (Å²) in [5, 5.41) is 16.9. The lowest BCUT2D eigenvalue weighted by Gasteiger charge is -2.01. The first-order valence-electron chi connectivity index (χ1n) is 7.45. The van der Waals surface area contributed by atoms with Crippen LogP contribution in [0.1, 0.15) is 41.5 Å². The van der Waals surface area contributed by atoms with Gasteiger partial charge in [-0.05, 0) is 38.3 Å². The summed E-state index contributed by atoms with van der Waals surface area (Å²) in [5.41, 5.74) is 4.85. The SMILES string of the molecule is Cc1ccc(C(C)C#N)cc1.Cc1ccc(CCC#N)cc1. The highest BCUT2D eigenvalue weighted by atomic mass is 14.3. The van der Waals surface area contributed by atoms with Gasteiger partial charge in [0.05, 0.1) is 18.1 Å². The highest BCUT2D eigenvalue weighted by Crippen LogP contribution is 2.13. The van der Waals surface area contributed by atoms with Gasteiger partial charge in [-0.1, -0.05) is 59.7 Å². The van der Waals surface area contributed by atoms with Crippen LogP contribution >= 0.6 is 0 Å². The molecule has 0 aliphatic rings. The molecule has 1 atom stereocenters. The quantitative estimate of drug-likeness (QED) is 0.792. The number of benzene rings is 2. The van der Waals surface area contributed by atoms with Crippen LogP contribution in [0, 0.1) is 36.5 Å². The first-order valence-corrected chi connectivity index (χ1v) is 7.45. The van der Waals surface area contributed by atoms with E-state index in [-0.39, 0.29) is 5.92 Å². The summed E-state index contributed by atoms with van der Waals surface area (Å²) in [6, 6.07) is 20.7. The minimum Gasteiger partial charge on any atom is -0.198 e. The predicted octanol–water partition coefficient (Wildman–Crippen LogP) is 5.07.